The Hall–Kier alpha value is -2.05. The molecule has 1 saturated carbocycles. The highest BCUT2D eigenvalue weighted by atomic mass is 35.5. The number of nitrogens with zero attached hydrogens (tertiary/aromatic N) is 4. The predicted molar refractivity (Wildman–Crippen MR) is 97.9 cm³/mol. The van der Waals surface area contributed by atoms with Crippen LogP contribution in [0.2, 0.25) is 5.02 Å². The summed E-state index contributed by atoms with van der Waals surface area (Å²) in [4.78, 5) is 20.0. The van der Waals surface area contributed by atoms with Crippen molar-refractivity contribution in [1.82, 2.24) is 15.2 Å². The van der Waals surface area contributed by atoms with Crippen molar-refractivity contribution in [2.45, 2.75) is 37.4 Å². The van der Waals surface area contributed by atoms with Crippen LogP contribution in [-0.2, 0) is 11.0 Å². The minimum Gasteiger partial charge on any atom is -0.353 e. The van der Waals surface area contributed by atoms with Gasteiger partial charge in [-0.3, -0.25) is 9.69 Å². The van der Waals surface area contributed by atoms with E-state index in [4.69, 9.17) is 11.6 Å². The zero-order valence-corrected chi connectivity index (χ0v) is 16.0. The van der Waals surface area contributed by atoms with E-state index in [1.54, 1.807) is 0 Å². The fourth-order valence-electron chi connectivity index (χ4n) is 3.69. The van der Waals surface area contributed by atoms with Crippen molar-refractivity contribution in [3.05, 3.63) is 22.8 Å². The van der Waals surface area contributed by atoms with Crippen molar-refractivity contribution in [3.63, 3.8) is 0 Å². The van der Waals surface area contributed by atoms with E-state index in [9.17, 15) is 23.2 Å². The van der Waals surface area contributed by atoms with Crippen LogP contribution in [-0.4, -0.2) is 54.1 Å². The second-order valence-corrected chi connectivity index (χ2v) is 7.65. The van der Waals surface area contributed by atoms with Gasteiger partial charge in [0.15, 0.2) is 0 Å². The topological polar surface area (TPSA) is 72.3 Å². The van der Waals surface area contributed by atoms with Gasteiger partial charge in [-0.05, 0) is 31.7 Å². The van der Waals surface area contributed by atoms with Gasteiger partial charge in [0, 0.05) is 32.4 Å². The molecule has 0 radical (unpaired) electrons. The third kappa shape index (κ3) is 4.67. The Morgan fingerprint density at radius 2 is 1.93 bits per heavy atom. The summed E-state index contributed by atoms with van der Waals surface area (Å²) in [7, 11) is 0. The lowest BCUT2D eigenvalue weighted by atomic mass is 10.00. The second kappa shape index (κ2) is 8.13. The first-order valence-electron chi connectivity index (χ1n) is 9.15. The molecular weight excluding hydrogens is 395 g/mol. The number of halogens is 4. The van der Waals surface area contributed by atoms with Gasteiger partial charge in [0.1, 0.15) is 11.4 Å². The molecule has 2 fully saturated rings. The number of amides is 1. The number of nitriles is 1. The van der Waals surface area contributed by atoms with Gasteiger partial charge in [-0.25, -0.2) is 4.98 Å². The molecule has 152 valence electrons. The van der Waals surface area contributed by atoms with E-state index >= 15 is 0 Å². The summed E-state index contributed by atoms with van der Waals surface area (Å²) in [6.07, 6.45) is -0.464. The molecule has 1 N–H and O–H groups in total. The highest BCUT2D eigenvalue weighted by molar-refractivity contribution is 6.33. The third-order valence-electron chi connectivity index (χ3n) is 5.24. The molecular formula is C18H21ClF3N5O. The molecule has 2 aliphatic rings. The largest absolute Gasteiger partial charge is 0.417 e. The number of nitrogens with one attached hydrogen (secondary N) is 1. The molecule has 2 heterocycles. The van der Waals surface area contributed by atoms with Crippen molar-refractivity contribution in [3.8, 4) is 6.07 Å². The zero-order valence-electron chi connectivity index (χ0n) is 15.2. The lowest BCUT2D eigenvalue weighted by Gasteiger charge is -2.36. The fraction of sp³-hybridized carbons (Fsp3) is 0.611. The van der Waals surface area contributed by atoms with Crippen LogP contribution in [0.3, 0.4) is 0 Å². The normalized spacial score (nSPS) is 20.0. The molecule has 1 aromatic heterocycles. The highest BCUT2D eigenvalue weighted by Crippen LogP contribution is 2.33. The summed E-state index contributed by atoms with van der Waals surface area (Å²) < 4.78 is 38.2. The average molecular weight is 416 g/mol. The number of carbonyl (C=O) groups excluding carboxylic acids is 1. The Morgan fingerprint density at radius 1 is 1.29 bits per heavy atom. The molecule has 28 heavy (non-hydrogen) atoms. The maximum absolute atomic E-state index is 12.7. The Balaban J connectivity index is 1.53. The van der Waals surface area contributed by atoms with Crippen LogP contribution in [0.5, 0.6) is 0 Å². The van der Waals surface area contributed by atoms with Crippen molar-refractivity contribution >= 4 is 23.3 Å². The smallest absolute Gasteiger partial charge is 0.353 e. The summed E-state index contributed by atoms with van der Waals surface area (Å²) >= 11 is 6.00. The summed E-state index contributed by atoms with van der Waals surface area (Å²) in [5.41, 5.74) is -1.62. The van der Waals surface area contributed by atoms with E-state index in [2.05, 4.69) is 16.4 Å². The van der Waals surface area contributed by atoms with Crippen molar-refractivity contribution in [2.24, 2.45) is 0 Å². The lowest BCUT2D eigenvalue weighted by Crippen LogP contribution is -2.53. The van der Waals surface area contributed by atoms with E-state index in [1.807, 2.05) is 9.80 Å². The molecule has 0 bridgehead atoms. The van der Waals surface area contributed by atoms with Crippen molar-refractivity contribution < 1.29 is 18.0 Å². The van der Waals surface area contributed by atoms with Crippen LogP contribution in [0.1, 0.15) is 31.2 Å². The van der Waals surface area contributed by atoms with Gasteiger partial charge in [0.05, 0.1) is 23.2 Å². The molecule has 0 aromatic carbocycles. The van der Waals surface area contributed by atoms with Gasteiger partial charge in [-0.15, -0.1) is 0 Å². The molecule has 1 aliphatic carbocycles. The monoisotopic (exact) mass is 415 g/mol. The molecule has 0 unspecified atom stereocenters. The second-order valence-electron chi connectivity index (χ2n) is 7.24. The Morgan fingerprint density at radius 3 is 2.46 bits per heavy atom. The average Bonchev–Trinajstić information content (AvgIpc) is 3.10. The van der Waals surface area contributed by atoms with Crippen molar-refractivity contribution in [2.75, 3.05) is 37.6 Å². The summed E-state index contributed by atoms with van der Waals surface area (Å²) in [6, 6.07) is 3.12. The maximum atomic E-state index is 12.7. The first kappa shape index (κ1) is 20.7. The fourth-order valence-corrected chi connectivity index (χ4v) is 3.97. The highest BCUT2D eigenvalue weighted by Gasteiger charge is 2.36. The van der Waals surface area contributed by atoms with Gasteiger partial charge in [-0.2, -0.15) is 18.4 Å². The number of pyridine rings is 1. The summed E-state index contributed by atoms with van der Waals surface area (Å²) in [6.45, 7) is 2.27. The molecule has 10 heteroatoms. The SMILES string of the molecule is N#CC1(NC(=O)CN2CCN(c3ncc(C(F)(F)F)cc3Cl)CC2)CCCC1. The van der Waals surface area contributed by atoms with Crippen LogP contribution in [0.15, 0.2) is 12.3 Å². The minimum atomic E-state index is -4.48. The number of aromatic nitrogens is 1. The van der Waals surface area contributed by atoms with Crippen LogP contribution in [0.25, 0.3) is 0 Å². The van der Waals surface area contributed by atoms with E-state index in [0.29, 0.717) is 44.8 Å². The lowest BCUT2D eigenvalue weighted by molar-refractivity contribution is -0.137. The summed E-state index contributed by atoms with van der Waals surface area (Å²) in [5, 5.41) is 12.2. The van der Waals surface area contributed by atoms with E-state index in [0.717, 1.165) is 25.1 Å². The zero-order chi connectivity index (χ0) is 20.4. The number of alkyl halides is 3. The standard InChI is InChI=1S/C18H21ClF3N5O/c19-14-9-13(18(20,21)22)10-24-16(14)27-7-5-26(6-8-27)11-15(28)25-17(12-23)3-1-2-4-17/h9-10H,1-8,11H2,(H,25,28). The molecule has 1 saturated heterocycles. The van der Waals surface area contributed by atoms with Gasteiger partial charge >= 0.3 is 6.18 Å². The van der Waals surface area contributed by atoms with Gasteiger partial charge in [-0.1, -0.05) is 11.6 Å². The number of rotatable bonds is 4. The molecule has 1 aromatic rings. The summed E-state index contributed by atoms with van der Waals surface area (Å²) in [5.74, 6) is 0.135. The van der Waals surface area contributed by atoms with E-state index in [-0.39, 0.29) is 17.5 Å². The number of anilines is 1. The number of hydrogen-bond acceptors (Lipinski definition) is 5. The van der Waals surface area contributed by atoms with E-state index < -0.39 is 17.3 Å². The van der Waals surface area contributed by atoms with Gasteiger partial charge in [0.2, 0.25) is 5.91 Å². The molecule has 0 spiro atoms. The Kier molecular flexibility index (Phi) is 6.01. The van der Waals surface area contributed by atoms with Crippen molar-refractivity contribution in [1.29, 1.82) is 5.26 Å². The maximum Gasteiger partial charge on any atom is 0.417 e. The number of hydrogen-bond donors (Lipinski definition) is 1. The van der Waals surface area contributed by atoms with Crippen LogP contribution >= 0.6 is 11.6 Å². The first-order chi connectivity index (χ1) is 13.2. The minimum absolute atomic E-state index is 0.0433. The Labute approximate surface area is 166 Å². The molecule has 1 amide bonds. The van der Waals surface area contributed by atoms with Crippen LogP contribution < -0.4 is 10.2 Å². The molecule has 0 atom stereocenters. The van der Waals surface area contributed by atoms with Gasteiger partial charge < -0.3 is 10.2 Å². The number of piperazine rings is 1. The third-order valence-corrected chi connectivity index (χ3v) is 5.52. The van der Waals surface area contributed by atoms with E-state index in [1.165, 1.54) is 0 Å². The molecule has 3 rings (SSSR count). The first-order valence-corrected chi connectivity index (χ1v) is 9.52. The predicted octanol–water partition coefficient (Wildman–Crippen LogP) is 2.83. The van der Waals surface area contributed by atoms with Crippen LogP contribution in [0, 0.1) is 11.3 Å². The van der Waals surface area contributed by atoms with Gasteiger partial charge in [0.25, 0.3) is 0 Å². The molecule has 6 nitrogen and oxygen atoms in total. The van der Waals surface area contributed by atoms with Crippen LogP contribution in [0.4, 0.5) is 19.0 Å². The Bertz CT molecular complexity index is 765. The number of carbonyl (C=O) groups is 1. The quantitative estimate of drug-likeness (QED) is 0.818. The molecule has 1 aliphatic heterocycles.